The maximum atomic E-state index is 12.5. The maximum Gasteiger partial charge on any atom is 0.416 e. The van der Waals surface area contributed by atoms with E-state index < -0.39 is 11.7 Å². The van der Waals surface area contributed by atoms with Crippen LogP contribution in [0.4, 0.5) is 19.0 Å². The molecule has 0 amide bonds. The Balaban J connectivity index is 2.55. The van der Waals surface area contributed by atoms with E-state index in [1.165, 1.54) is 16.8 Å². The van der Waals surface area contributed by atoms with Crippen molar-refractivity contribution in [2.75, 3.05) is 5.73 Å². The van der Waals surface area contributed by atoms with Crippen LogP contribution in [0.25, 0.3) is 11.3 Å². The summed E-state index contributed by atoms with van der Waals surface area (Å²) in [6, 6.07) is 4.88. The first-order valence-electron chi connectivity index (χ1n) is 4.72. The van der Waals surface area contributed by atoms with Crippen LogP contribution in [-0.2, 0) is 13.2 Å². The van der Waals surface area contributed by atoms with E-state index in [0.29, 0.717) is 11.3 Å². The fourth-order valence-corrected chi connectivity index (χ4v) is 1.55. The Morgan fingerprint density at radius 3 is 2.53 bits per heavy atom. The van der Waals surface area contributed by atoms with Crippen molar-refractivity contribution in [2.24, 2.45) is 7.05 Å². The Hall–Kier alpha value is -2.05. The maximum absolute atomic E-state index is 12.5. The third-order valence-corrected chi connectivity index (χ3v) is 2.32. The summed E-state index contributed by atoms with van der Waals surface area (Å²) < 4.78 is 39.0. The number of aryl methyl sites for hydroxylation is 1. The van der Waals surface area contributed by atoms with Gasteiger partial charge in [-0.25, -0.2) is 4.68 Å². The number of anilines is 1. The van der Waals surface area contributed by atoms with Gasteiger partial charge in [-0.05, 0) is 12.1 Å². The molecule has 0 radical (unpaired) electrons. The molecule has 0 saturated heterocycles. The summed E-state index contributed by atoms with van der Waals surface area (Å²) in [6.45, 7) is 0. The second-order valence-electron chi connectivity index (χ2n) is 3.53. The van der Waals surface area contributed by atoms with Gasteiger partial charge in [-0.1, -0.05) is 17.3 Å². The average molecular weight is 242 g/mol. The van der Waals surface area contributed by atoms with E-state index in [1.807, 2.05) is 0 Å². The molecule has 0 atom stereocenters. The molecule has 0 aliphatic carbocycles. The quantitative estimate of drug-likeness (QED) is 0.832. The molecule has 2 N–H and O–H groups in total. The van der Waals surface area contributed by atoms with E-state index in [9.17, 15) is 13.2 Å². The number of hydrogen-bond acceptors (Lipinski definition) is 3. The van der Waals surface area contributed by atoms with Crippen LogP contribution in [0.1, 0.15) is 5.56 Å². The third-order valence-electron chi connectivity index (χ3n) is 2.32. The zero-order valence-electron chi connectivity index (χ0n) is 8.86. The zero-order valence-corrected chi connectivity index (χ0v) is 8.86. The molecule has 1 heterocycles. The molecule has 90 valence electrons. The number of rotatable bonds is 1. The predicted molar refractivity (Wildman–Crippen MR) is 55.9 cm³/mol. The second kappa shape index (κ2) is 3.76. The molecule has 1 aromatic carbocycles. The second-order valence-corrected chi connectivity index (χ2v) is 3.53. The molecule has 1 aromatic heterocycles. The first-order valence-corrected chi connectivity index (χ1v) is 4.72. The monoisotopic (exact) mass is 242 g/mol. The van der Waals surface area contributed by atoms with Crippen molar-refractivity contribution in [3.8, 4) is 11.3 Å². The fourth-order valence-electron chi connectivity index (χ4n) is 1.55. The van der Waals surface area contributed by atoms with Crippen molar-refractivity contribution in [2.45, 2.75) is 6.18 Å². The van der Waals surface area contributed by atoms with Crippen molar-refractivity contribution in [3.63, 3.8) is 0 Å². The number of alkyl halides is 3. The highest BCUT2D eigenvalue weighted by Gasteiger charge is 2.30. The molecule has 0 aliphatic heterocycles. The van der Waals surface area contributed by atoms with Gasteiger partial charge >= 0.3 is 6.18 Å². The largest absolute Gasteiger partial charge is 0.416 e. The highest BCUT2D eigenvalue weighted by atomic mass is 19.4. The van der Waals surface area contributed by atoms with Crippen LogP contribution >= 0.6 is 0 Å². The summed E-state index contributed by atoms with van der Waals surface area (Å²) in [5, 5.41) is 7.24. The lowest BCUT2D eigenvalue weighted by atomic mass is 10.1. The van der Waals surface area contributed by atoms with Gasteiger partial charge in [-0.15, -0.1) is 5.10 Å². The normalized spacial score (nSPS) is 11.8. The first-order chi connectivity index (χ1) is 7.89. The molecule has 0 aliphatic rings. The van der Waals surface area contributed by atoms with Gasteiger partial charge in [0.25, 0.3) is 0 Å². The van der Waals surface area contributed by atoms with Crippen LogP contribution < -0.4 is 5.73 Å². The summed E-state index contributed by atoms with van der Waals surface area (Å²) in [5.41, 5.74) is 5.54. The number of halogens is 3. The smallest absolute Gasteiger partial charge is 0.380 e. The lowest BCUT2D eigenvalue weighted by molar-refractivity contribution is -0.137. The summed E-state index contributed by atoms with van der Waals surface area (Å²) in [6.07, 6.45) is -4.38. The van der Waals surface area contributed by atoms with Gasteiger partial charge in [0, 0.05) is 12.6 Å². The topological polar surface area (TPSA) is 56.7 Å². The Morgan fingerprint density at radius 1 is 1.29 bits per heavy atom. The minimum atomic E-state index is -4.38. The lowest BCUT2D eigenvalue weighted by Crippen LogP contribution is -2.05. The zero-order chi connectivity index (χ0) is 12.6. The summed E-state index contributed by atoms with van der Waals surface area (Å²) >= 11 is 0. The summed E-state index contributed by atoms with van der Waals surface area (Å²) in [4.78, 5) is 0. The Morgan fingerprint density at radius 2 is 2.00 bits per heavy atom. The molecule has 0 saturated carbocycles. The van der Waals surface area contributed by atoms with Gasteiger partial charge < -0.3 is 5.73 Å². The molecule has 7 heteroatoms. The first kappa shape index (κ1) is 11.4. The molecule has 0 bridgehead atoms. The predicted octanol–water partition coefficient (Wildman–Crippen LogP) is 2.08. The van der Waals surface area contributed by atoms with Crippen LogP contribution in [0.15, 0.2) is 24.3 Å². The number of nitrogens with zero attached hydrogens (tertiary/aromatic N) is 3. The summed E-state index contributed by atoms with van der Waals surface area (Å²) in [7, 11) is 1.57. The molecular formula is C10H9F3N4. The van der Waals surface area contributed by atoms with Crippen molar-refractivity contribution in [3.05, 3.63) is 29.8 Å². The molecular weight excluding hydrogens is 233 g/mol. The van der Waals surface area contributed by atoms with Gasteiger partial charge in [-0.2, -0.15) is 13.2 Å². The van der Waals surface area contributed by atoms with E-state index in [4.69, 9.17) is 5.73 Å². The lowest BCUT2D eigenvalue weighted by Gasteiger charge is -2.08. The van der Waals surface area contributed by atoms with E-state index >= 15 is 0 Å². The van der Waals surface area contributed by atoms with Gasteiger partial charge in [0.05, 0.1) is 5.56 Å². The van der Waals surface area contributed by atoms with Crippen LogP contribution in [0, 0.1) is 0 Å². The van der Waals surface area contributed by atoms with E-state index in [0.717, 1.165) is 12.1 Å². The molecule has 2 aromatic rings. The van der Waals surface area contributed by atoms with Gasteiger partial charge in [0.15, 0.2) is 5.82 Å². The average Bonchev–Trinajstić information content (AvgIpc) is 2.57. The van der Waals surface area contributed by atoms with E-state index in [-0.39, 0.29) is 5.82 Å². The Kier molecular flexibility index (Phi) is 2.53. The van der Waals surface area contributed by atoms with Crippen LogP contribution in [0.3, 0.4) is 0 Å². The van der Waals surface area contributed by atoms with Gasteiger partial charge in [-0.3, -0.25) is 0 Å². The number of nitrogen functional groups attached to an aromatic ring is 1. The van der Waals surface area contributed by atoms with Crippen LogP contribution in [-0.4, -0.2) is 15.0 Å². The summed E-state index contributed by atoms with van der Waals surface area (Å²) in [5.74, 6) is 0.104. The minimum Gasteiger partial charge on any atom is -0.380 e. The number of hydrogen-bond donors (Lipinski definition) is 1. The number of nitrogens with two attached hydrogens (primary N) is 1. The van der Waals surface area contributed by atoms with Crippen molar-refractivity contribution in [1.29, 1.82) is 0 Å². The van der Waals surface area contributed by atoms with Crippen LogP contribution in [0.2, 0.25) is 0 Å². The molecule has 17 heavy (non-hydrogen) atoms. The van der Waals surface area contributed by atoms with Gasteiger partial charge in [0.1, 0.15) is 5.69 Å². The molecule has 4 nitrogen and oxygen atoms in total. The highest BCUT2D eigenvalue weighted by Crippen LogP contribution is 2.32. The number of aromatic nitrogens is 3. The molecule has 0 spiro atoms. The molecule has 0 fully saturated rings. The van der Waals surface area contributed by atoms with Crippen molar-refractivity contribution >= 4 is 5.82 Å². The molecule has 0 unspecified atom stereocenters. The highest BCUT2D eigenvalue weighted by molar-refractivity contribution is 5.70. The molecule has 2 rings (SSSR count). The van der Waals surface area contributed by atoms with Crippen LogP contribution in [0.5, 0.6) is 0 Å². The third kappa shape index (κ3) is 2.08. The van der Waals surface area contributed by atoms with Crippen molar-refractivity contribution < 1.29 is 13.2 Å². The van der Waals surface area contributed by atoms with Gasteiger partial charge in [0.2, 0.25) is 0 Å². The SMILES string of the molecule is Cn1nnc(N)c1-c1cccc(C(F)(F)F)c1. The van der Waals surface area contributed by atoms with E-state index in [1.54, 1.807) is 7.05 Å². The minimum absolute atomic E-state index is 0.104. The number of benzene rings is 1. The Labute approximate surface area is 94.9 Å². The van der Waals surface area contributed by atoms with Crippen molar-refractivity contribution in [1.82, 2.24) is 15.0 Å². The Bertz CT molecular complexity index is 525. The van der Waals surface area contributed by atoms with E-state index in [2.05, 4.69) is 10.3 Å². The fraction of sp³-hybridized carbons (Fsp3) is 0.200. The standard InChI is InChI=1S/C10H9F3N4/c1-17-8(9(14)15-16-17)6-3-2-4-7(5-6)10(11,12)13/h2-5H,14H2,1H3.